The number of carboxylic acid groups (broad SMARTS) is 1. The molecule has 0 saturated heterocycles. The van der Waals surface area contributed by atoms with Gasteiger partial charge in [0.15, 0.2) is 0 Å². The van der Waals surface area contributed by atoms with Gasteiger partial charge in [0, 0.05) is 18.1 Å². The molecule has 1 spiro atoms. The summed E-state index contributed by atoms with van der Waals surface area (Å²) in [5.41, 5.74) is 0.206. The van der Waals surface area contributed by atoms with Crippen molar-refractivity contribution in [2.75, 3.05) is 6.61 Å². The summed E-state index contributed by atoms with van der Waals surface area (Å²) in [5.74, 6) is -0.763. The van der Waals surface area contributed by atoms with E-state index in [-0.39, 0.29) is 5.41 Å². The molecule has 104 valence electrons. The number of carboxylic acids is 1. The minimum absolute atomic E-state index is 0.206. The third-order valence-electron chi connectivity index (χ3n) is 4.76. The highest BCUT2D eigenvalue weighted by Crippen LogP contribution is 2.53. The average Bonchev–Trinajstić information content (AvgIpc) is 2.38. The second-order valence-corrected chi connectivity index (χ2v) is 5.75. The van der Waals surface area contributed by atoms with Crippen LogP contribution in [0.1, 0.15) is 52.4 Å². The largest absolute Gasteiger partial charge is 0.480 e. The van der Waals surface area contributed by atoms with Gasteiger partial charge in [-0.3, -0.25) is 4.79 Å². The van der Waals surface area contributed by atoms with E-state index >= 15 is 0 Å². The Bertz CT molecular complexity index is 299. The molecule has 0 amide bonds. The molecule has 3 atom stereocenters. The maximum absolute atomic E-state index is 11.0. The monoisotopic (exact) mass is 255 g/mol. The van der Waals surface area contributed by atoms with Gasteiger partial charge in [-0.2, -0.15) is 0 Å². The standard InChI is InChI=1S/C14H25NO3/c1-3-18-12-9-11(15-10(2)13(16)17)14(12)7-5-4-6-8-14/h10-12,15H,3-9H2,1-2H3,(H,16,17). The summed E-state index contributed by atoms with van der Waals surface area (Å²) in [7, 11) is 0. The molecule has 0 aromatic rings. The highest BCUT2D eigenvalue weighted by Gasteiger charge is 2.55. The Morgan fingerprint density at radius 1 is 1.44 bits per heavy atom. The number of nitrogens with one attached hydrogen (secondary N) is 1. The zero-order valence-corrected chi connectivity index (χ0v) is 11.4. The first-order valence-corrected chi connectivity index (χ1v) is 7.20. The quantitative estimate of drug-likeness (QED) is 0.790. The molecule has 0 radical (unpaired) electrons. The molecule has 0 heterocycles. The van der Waals surface area contributed by atoms with Gasteiger partial charge in [0.2, 0.25) is 0 Å². The Hall–Kier alpha value is -0.610. The van der Waals surface area contributed by atoms with Crippen molar-refractivity contribution in [2.24, 2.45) is 5.41 Å². The van der Waals surface area contributed by atoms with E-state index in [1.165, 1.54) is 32.1 Å². The van der Waals surface area contributed by atoms with Gasteiger partial charge in [-0.15, -0.1) is 0 Å². The minimum Gasteiger partial charge on any atom is -0.480 e. The number of hydrogen-bond donors (Lipinski definition) is 2. The highest BCUT2D eigenvalue weighted by molar-refractivity contribution is 5.72. The Kier molecular flexibility index (Phi) is 4.28. The first-order valence-electron chi connectivity index (χ1n) is 7.20. The summed E-state index contributed by atoms with van der Waals surface area (Å²) in [4.78, 5) is 11.0. The molecular formula is C14H25NO3. The molecule has 2 aliphatic rings. The van der Waals surface area contributed by atoms with Crippen molar-refractivity contribution in [3.8, 4) is 0 Å². The first-order chi connectivity index (χ1) is 8.60. The first kappa shape index (κ1) is 13.8. The Labute approximate surface area is 109 Å². The summed E-state index contributed by atoms with van der Waals surface area (Å²) in [5, 5.41) is 12.3. The lowest BCUT2D eigenvalue weighted by atomic mass is 9.55. The van der Waals surface area contributed by atoms with Gasteiger partial charge in [0.05, 0.1) is 6.10 Å². The summed E-state index contributed by atoms with van der Waals surface area (Å²) in [6.07, 6.45) is 7.48. The van der Waals surface area contributed by atoms with Crippen LogP contribution in [-0.4, -0.2) is 35.9 Å². The van der Waals surface area contributed by atoms with Gasteiger partial charge in [-0.05, 0) is 33.1 Å². The van der Waals surface area contributed by atoms with E-state index in [1.807, 2.05) is 6.92 Å². The van der Waals surface area contributed by atoms with E-state index in [2.05, 4.69) is 5.32 Å². The molecular weight excluding hydrogens is 230 g/mol. The van der Waals surface area contributed by atoms with Crippen LogP contribution < -0.4 is 5.32 Å². The molecule has 2 rings (SSSR count). The fraction of sp³-hybridized carbons (Fsp3) is 0.929. The van der Waals surface area contributed by atoms with Crippen molar-refractivity contribution in [2.45, 2.75) is 70.6 Å². The van der Waals surface area contributed by atoms with Crippen LogP contribution in [0.4, 0.5) is 0 Å². The SMILES string of the molecule is CCOC1CC(NC(C)C(=O)O)C12CCCCC2. The van der Waals surface area contributed by atoms with Crippen LogP contribution in [0.5, 0.6) is 0 Å². The second kappa shape index (κ2) is 5.57. The predicted octanol–water partition coefficient (Wildman–Crippen LogP) is 2.18. The molecule has 0 aliphatic heterocycles. The van der Waals surface area contributed by atoms with Gasteiger partial charge in [0.25, 0.3) is 0 Å². The predicted molar refractivity (Wildman–Crippen MR) is 69.6 cm³/mol. The normalized spacial score (nSPS) is 31.9. The maximum Gasteiger partial charge on any atom is 0.320 e. The number of carbonyl (C=O) groups is 1. The van der Waals surface area contributed by atoms with Crippen LogP contribution in [0, 0.1) is 5.41 Å². The Morgan fingerprint density at radius 2 is 2.11 bits per heavy atom. The topological polar surface area (TPSA) is 58.6 Å². The minimum atomic E-state index is -0.763. The summed E-state index contributed by atoms with van der Waals surface area (Å²) in [6.45, 7) is 4.53. The van der Waals surface area contributed by atoms with Crippen LogP contribution in [-0.2, 0) is 9.53 Å². The molecule has 2 aliphatic carbocycles. The molecule has 2 N–H and O–H groups in total. The van der Waals surface area contributed by atoms with Crippen molar-refractivity contribution >= 4 is 5.97 Å². The molecule has 2 fully saturated rings. The van der Waals surface area contributed by atoms with Gasteiger partial charge in [-0.1, -0.05) is 19.3 Å². The van der Waals surface area contributed by atoms with Gasteiger partial charge in [-0.25, -0.2) is 0 Å². The zero-order valence-electron chi connectivity index (χ0n) is 11.4. The lowest BCUT2D eigenvalue weighted by Gasteiger charge is -2.58. The maximum atomic E-state index is 11.0. The number of ether oxygens (including phenoxy) is 1. The highest BCUT2D eigenvalue weighted by atomic mass is 16.5. The van der Waals surface area contributed by atoms with Crippen molar-refractivity contribution < 1.29 is 14.6 Å². The molecule has 4 nitrogen and oxygen atoms in total. The number of hydrogen-bond acceptors (Lipinski definition) is 3. The van der Waals surface area contributed by atoms with E-state index in [4.69, 9.17) is 9.84 Å². The van der Waals surface area contributed by atoms with Crippen molar-refractivity contribution in [1.82, 2.24) is 5.32 Å². The fourth-order valence-corrected chi connectivity index (χ4v) is 3.67. The van der Waals surface area contributed by atoms with E-state index in [1.54, 1.807) is 6.92 Å². The van der Waals surface area contributed by atoms with Crippen LogP contribution in [0.25, 0.3) is 0 Å². The third kappa shape index (κ3) is 2.41. The van der Waals surface area contributed by atoms with Crippen LogP contribution >= 0.6 is 0 Å². The van der Waals surface area contributed by atoms with E-state index in [0.29, 0.717) is 12.1 Å². The van der Waals surface area contributed by atoms with E-state index in [9.17, 15) is 4.79 Å². The molecule has 3 unspecified atom stereocenters. The number of aliphatic carboxylic acids is 1. The lowest BCUT2D eigenvalue weighted by Crippen LogP contribution is -2.66. The lowest BCUT2D eigenvalue weighted by molar-refractivity contribution is -0.158. The van der Waals surface area contributed by atoms with Gasteiger partial charge in [0.1, 0.15) is 6.04 Å². The summed E-state index contributed by atoms with van der Waals surface area (Å²) < 4.78 is 5.86. The van der Waals surface area contributed by atoms with Gasteiger partial charge >= 0.3 is 5.97 Å². The molecule has 4 heteroatoms. The van der Waals surface area contributed by atoms with Gasteiger partial charge < -0.3 is 15.2 Å². The Morgan fingerprint density at radius 3 is 2.67 bits per heavy atom. The van der Waals surface area contributed by atoms with Crippen molar-refractivity contribution in [3.05, 3.63) is 0 Å². The molecule has 0 aromatic heterocycles. The van der Waals surface area contributed by atoms with Crippen molar-refractivity contribution in [1.29, 1.82) is 0 Å². The molecule has 0 bridgehead atoms. The third-order valence-corrected chi connectivity index (χ3v) is 4.76. The van der Waals surface area contributed by atoms with Crippen LogP contribution in [0.3, 0.4) is 0 Å². The van der Waals surface area contributed by atoms with Crippen LogP contribution in [0.2, 0.25) is 0 Å². The Balaban J connectivity index is 2.00. The average molecular weight is 255 g/mol. The molecule has 18 heavy (non-hydrogen) atoms. The fourth-order valence-electron chi connectivity index (χ4n) is 3.67. The van der Waals surface area contributed by atoms with E-state index < -0.39 is 12.0 Å². The summed E-state index contributed by atoms with van der Waals surface area (Å²) in [6, 6.07) is -0.142. The van der Waals surface area contributed by atoms with Crippen molar-refractivity contribution in [3.63, 3.8) is 0 Å². The molecule has 2 saturated carbocycles. The second-order valence-electron chi connectivity index (χ2n) is 5.75. The van der Waals surface area contributed by atoms with Crippen LogP contribution in [0.15, 0.2) is 0 Å². The molecule has 0 aromatic carbocycles. The summed E-state index contributed by atoms with van der Waals surface area (Å²) >= 11 is 0. The number of rotatable bonds is 5. The zero-order chi connectivity index (χ0) is 13.2. The van der Waals surface area contributed by atoms with E-state index in [0.717, 1.165) is 13.0 Å². The smallest absolute Gasteiger partial charge is 0.320 e.